The highest BCUT2D eigenvalue weighted by molar-refractivity contribution is 6.08. The molecule has 4 amide bonds. The second-order valence-corrected chi connectivity index (χ2v) is 8.21. The van der Waals surface area contributed by atoms with E-state index >= 15 is 0 Å². The second-order valence-electron chi connectivity index (χ2n) is 8.21. The zero-order valence-corrected chi connectivity index (χ0v) is 16.1. The number of imide groups is 1. The molecule has 3 fully saturated rings. The maximum Gasteiger partial charge on any atom is 0.326 e. The summed E-state index contributed by atoms with van der Waals surface area (Å²) in [4.78, 5) is 49.6. The predicted octanol–water partition coefficient (Wildman–Crippen LogP) is 1.34. The summed E-state index contributed by atoms with van der Waals surface area (Å²) in [5, 5.41) is 5.64. The van der Waals surface area contributed by atoms with Crippen LogP contribution < -0.4 is 10.6 Å². The van der Waals surface area contributed by atoms with Gasteiger partial charge in [-0.15, -0.1) is 0 Å². The first-order valence-corrected chi connectivity index (χ1v) is 9.91. The van der Waals surface area contributed by atoms with Gasteiger partial charge in [0.15, 0.2) is 6.61 Å². The Kier molecular flexibility index (Phi) is 5.72. The Hall–Kier alpha value is -2.12. The molecule has 2 saturated carbocycles. The van der Waals surface area contributed by atoms with E-state index in [9.17, 15) is 19.2 Å². The van der Waals surface area contributed by atoms with Gasteiger partial charge in [0.2, 0.25) is 0 Å². The van der Waals surface area contributed by atoms with E-state index in [1.54, 1.807) is 0 Å². The summed E-state index contributed by atoms with van der Waals surface area (Å²) < 4.78 is 4.99. The van der Waals surface area contributed by atoms with Crippen molar-refractivity contribution in [3.8, 4) is 0 Å². The van der Waals surface area contributed by atoms with Crippen molar-refractivity contribution >= 4 is 23.8 Å². The Labute approximate surface area is 159 Å². The molecular formula is C19H29N3O5. The Bertz CT molecular complexity index is 629. The van der Waals surface area contributed by atoms with Gasteiger partial charge in [-0.05, 0) is 31.1 Å². The van der Waals surface area contributed by atoms with Gasteiger partial charge in [0, 0.05) is 6.04 Å². The smallest absolute Gasteiger partial charge is 0.326 e. The molecule has 3 rings (SSSR count). The van der Waals surface area contributed by atoms with Crippen LogP contribution in [0.2, 0.25) is 0 Å². The molecule has 27 heavy (non-hydrogen) atoms. The fraction of sp³-hybridized carbons (Fsp3) is 0.789. The van der Waals surface area contributed by atoms with Crippen molar-refractivity contribution in [1.82, 2.24) is 15.5 Å². The van der Waals surface area contributed by atoms with Gasteiger partial charge in [-0.2, -0.15) is 0 Å². The van der Waals surface area contributed by atoms with Crippen LogP contribution in [0.1, 0.15) is 58.8 Å². The van der Waals surface area contributed by atoms with Crippen molar-refractivity contribution in [3.63, 3.8) is 0 Å². The third-order valence-electron chi connectivity index (χ3n) is 6.41. The van der Waals surface area contributed by atoms with Crippen LogP contribution in [0, 0.1) is 11.8 Å². The topological polar surface area (TPSA) is 105 Å². The lowest BCUT2D eigenvalue weighted by Crippen LogP contribution is -2.46. The molecule has 8 nitrogen and oxygen atoms in total. The van der Waals surface area contributed by atoms with Crippen molar-refractivity contribution in [2.75, 3.05) is 13.2 Å². The summed E-state index contributed by atoms with van der Waals surface area (Å²) in [6.45, 7) is 3.44. The number of amides is 4. The number of carbonyl (C=O) groups is 4. The zero-order valence-electron chi connectivity index (χ0n) is 16.1. The van der Waals surface area contributed by atoms with E-state index in [0.717, 1.165) is 37.0 Å². The van der Waals surface area contributed by atoms with Crippen molar-refractivity contribution in [2.45, 2.75) is 70.4 Å². The van der Waals surface area contributed by atoms with Crippen LogP contribution in [-0.4, -0.2) is 53.4 Å². The molecule has 1 heterocycles. The minimum absolute atomic E-state index is 0.0908. The Balaban J connectivity index is 1.45. The van der Waals surface area contributed by atoms with E-state index in [2.05, 4.69) is 24.5 Å². The van der Waals surface area contributed by atoms with E-state index in [1.165, 1.54) is 0 Å². The fourth-order valence-electron chi connectivity index (χ4n) is 4.49. The van der Waals surface area contributed by atoms with Crippen LogP contribution in [0.5, 0.6) is 0 Å². The summed E-state index contributed by atoms with van der Waals surface area (Å²) in [6.07, 6.45) is 6.12. The maximum absolute atomic E-state index is 12.5. The lowest BCUT2D eigenvalue weighted by molar-refractivity contribution is -0.151. The molecule has 1 aliphatic heterocycles. The largest absolute Gasteiger partial charge is 0.454 e. The minimum Gasteiger partial charge on any atom is -0.454 e. The first-order chi connectivity index (χ1) is 12.8. The monoisotopic (exact) mass is 379 g/mol. The van der Waals surface area contributed by atoms with Crippen molar-refractivity contribution < 1.29 is 23.9 Å². The first kappa shape index (κ1) is 19.6. The van der Waals surface area contributed by atoms with Gasteiger partial charge in [0.1, 0.15) is 12.1 Å². The molecule has 3 atom stereocenters. The highest BCUT2D eigenvalue weighted by Gasteiger charge is 2.52. The van der Waals surface area contributed by atoms with Gasteiger partial charge in [-0.3, -0.25) is 19.3 Å². The molecule has 150 valence electrons. The summed E-state index contributed by atoms with van der Waals surface area (Å²) in [5.41, 5.74) is -0.845. The van der Waals surface area contributed by atoms with Crippen LogP contribution in [-0.2, 0) is 19.1 Å². The normalized spacial score (nSPS) is 29.7. The van der Waals surface area contributed by atoms with Crippen LogP contribution in [0.25, 0.3) is 0 Å². The molecule has 0 aromatic carbocycles. The molecule has 0 aromatic rings. The molecule has 3 aliphatic rings. The second kappa shape index (κ2) is 7.86. The molecule has 2 N–H and O–H groups in total. The maximum atomic E-state index is 12.5. The number of esters is 1. The third-order valence-corrected chi connectivity index (χ3v) is 6.41. The molecule has 0 radical (unpaired) electrons. The van der Waals surface area contributed by atoms with E-state index in [4.69, 9.17) is 4.74 Å². The molecule has 0 bridgehead atoms. The molecule has 2 aliphatic carbocycles. The summed E-state index contributed by atoms with van der Waals surface area (Å²) in [7, 11) is 0. The predicted molar refractivity (Wildman–Crippen MR) is 96.5 cm³/mol. The van der Waals surface area contributed by atoms with Crippen LogP contribution in [0.3, 0.4) is 0 Å². The standard InChI is InChI=1S/C19H29N3O5/c1-12-6-5-7-14(13(12)2)20-15(23)11-27-16(24)10-22-17(25)19(21-18(22)26)8-3-4-9-19/h12-14H,3-11H2,1-2H3,(H,20,23)(H,21,26)/t12-,13-,14-/m1/s1. The average molecular weight is 379 g/mol. The average Bonchev–Trinajstić information content (AvgIpc) is 3.18. The Morgan fingerprint density at radius 3 is 2.59 bits per heavy atom. The number of carbonyl (C=O) groups excluding carboxylic acids is 4. The van der Waals surface area contributed by atoms with Crippen molar-refractivity contribution in [1.29, 1.82) is 0 Å². The van der Waals surface area contributed by atoms with Gasteiger partial charge in [0.25, 0.3) is 11.8 Å². The third kappa shape index (κ3) is 4.09. The number of hydrogen-bond donors (Lipinski definition) is 2. The van der Waals surface area contributed by atoms with E-state index in [-0.39, 0.29) is 17.9 Å². The number of nitrogens with one attached hydrogen (secondary N) is 2. The van der Waals surface area contributed by atoms with Crippen molar-refractivity contribution in [2.24, 2.45) is 11.8 Å². The van der Waals surface area contributed by atoms with Crippen LogP contribution >= 0.6 is 0 Å². The molecule has 8 heteroatoms. The quantitative estimate of drug-likeness (QED) is 0.554. The fourth-order valence-corrected chi connectivity index (χ4v) is 4.49. The van der Waals surface area contributed by atoms with Gasteiger partial charge in [-0.1, -0.05) is 39.5 Å². The van der Waals surface area contributed by atoms with Crippen LogP contribution in [0.4, 0.5) is 4.79 Å². The lowest BCUT2D eigenvalue weighted by atomic mass is 9.78. The first-order valence-electron chi connectivity index (χ1n) is 9.91. The lowest BCUT2D eigenvalue weighted by Gasteiger charge is -2.34. The number of urea groups is 1. The number of nitrogens with zero attached hydrogens (tertiary/aromatic N) is 1. The number of rotatable bonds is 5. The van der Waals surface area contributed by atoms with Crippen LogP contribution in [0.15, 0.2) is 0 Å². The Morgan fingerprint density at radius 1 is 1.19 bits per heavy atom. The Morgan fingerprint density at radius 2 is 1.89 bits per heavy atom. The van der Waals surface area contributed by atoms with Gasteiger partial charge in [0.05, 0.1) is 0 Å². The van der Waals surface area contributed by atoms with Gasteiger partial charge < -0.3 is 15.4 Å². The van der Waals surface area contributed by atoms with E-state index in [0.29, 0.717) is 24.7 Å². The molecule has 1 saturated heterocycles. The number of ether oxygens (including phenoxy) is 1. The van der Waals surface area contributed by atoms with E-state index in [1.807, 2.05) is 0 Å². The zero-order chi connectivity index (χ0) is 19.6. The van der Waals surface area contributed by atoms with Gasteiger partial charge in [-0.25, -0.2) is 4.79 Å². The van der Waals surface area contributed by atoms with Gasteiger partial charge >= 0.3 is 12.0 Å². The molecule has 0 unspecified atom stereocenters. The highest BCUT2D eigenvalue weighted by atomic mass is 16.5. The highest BCUT2D eigenvalue weighted by Crippen LogP contribution is 2.35. The molecule has 0 aromatic heterocycles. The number of hydrogen-bond acceptors (Lipinski definition) is 5. The SMILES string of the molecule is C[C@@H]1[C@H](C)CCC[C@H]1NC(=O)COC(=O)CN1C(=O)NC2(CCCC2)C1=O. The summed E-state index contributed by atoms with van der Waals surface area (Å²) in [5.74, 6) is -0.537. The molecule has 1 spiro atoms. The molecular weight excluding hydrogens is 350 g/mol. The summed E-state index contributed by atoms with van der Waals surface area (Å²) in [6, 6.07) is -0.471. The van der Waals surface area contributed by atoms with Crippen molar-refractivity contribution in [3.05, 3.63) is 0 Å². The summed E-state index contributed by atoms with van der Waals surface area (Å²) >= 11 is 0. The van der Waals surface area contributed by atoms with E-state index < -0.39 is 30.7 Å². The minimum atomic E-state index is -0.845.